The number of hydrogen-bond donors (Lipinski definition) is 2. The summed E-state index contributed by atoms with van der Waals surface area (Å²) in [6, 6.07) is 22.3. The number of benzene rings is 3. The summed E-state index contributed by atoms with van der Waals surface area (Å²) in [7, 11) is 2.11. The minimum atomic E-state index is -0.111. The second kappa shape index (κ2) is 12.3. The van der Waals surface area contributed by atoms with E-state index < -0.39 is 0 Å². The molecule has 5 rings (SSSR count). The van der Waals surface area contributed by atoms with Gasteiger partial charge in [0.1, 0.15) is 5.78 Å². The summed E-state index contributed by atoms with van der Waals surface area (Å²) in [5, 5.41) is 6.56. The molecule has 0 unspecified atom stereocenters. The highest BCUT2D eigenvalue weighted by Crippen LogP contribution is 2.41. The van der Waals surface area contributed by atoms with Crippen molar-refractivity contribution >= 4 is 34.7 Å². The fourth-order valence-electron chi connectivity index (χ4n) is 6.24. The van der Waals surface area contributed by atoms with Gasteiger partial charge in [0.2, 0.25) is 11.8 Å². The number of hydrogen-bond acceptors (Lipinski definition) is 5. The van der Waals surface area contributed by atoms with Crippen molar-refractivity contribution in [1.82, 2.24) is 4.90 Å². The Bertz CT molecular complexity index is 1430. The molecular formula is C34H40N4O3. The van der Waals surface area contributed by atoms with Crippen molar-refractivity contribution in [3.63, 3.8) is 0 Å². The van der Waals surface area contributed by atoms with Gasteiger partial charge in [-0.05, 0) is 105 Å². The Labute approximate surface area is 242 Å². The number of amides is 2. The van der Waals surface area contributed by atoms with E-state index in [9.17, 15) is 14.4 Å². The Hall–Kier alpha value is -3.97. The van der Waals surface area contributed by atoms with E-state index in [0.717, 1.165) is 71.7 Å². The Morgan fingerprint density at radius 1 is 0.878 bits per heavy atom. The molecule has 2 aliphatic rings. The van der Waals surface area contributed by atoms with Gasteiger partial charge in [0, 0.05) is 49.3 Å². The molecule has 0 aromatic heterocycles. The van der Waals surface area contributed by atoms with Crippen molar-refractivity contribution in [2.45, 2.75) is 58.5 Å². The van der Waals surface area contributed by atoms with Gasteiger partial charge in [-0.15, -0.1) is 0 Å². The molecule has 214 valence electrons. The van der Waals surface area contributed by atoms with Gasteiger partial charge in [-0.2, -0.15) is 0 Å². The molecule has 0 spiro atoms. The zero-order valence-corrected chi connectivity index (χ0v) is 24.4. The average Bonchev–Trinajstić information content (AvgIpc) is 2.94. The number of anilines is 3. The van der Waals surface area contributed by atoms with Crippen LogP contribution in [0.25, 0.3) is 11.1 Å². The van der Waals surface area contributed by atoms with Crippen molar-refractivity contribution in [2.75, 3.05) is 35.7 Å². The first-order chi connectivity index (χ1) is 19.7. The van der Waals surface area contributed by atoms with Gasteiger partial charge in [-0.25, -0.2) is 0 Å². The standard InChI is InChI=1S/C34H40N4O3/c1-22-18-32(36-29-11-8-25(9-12-29)19-34(41)26-14-16-37(4)17-15-26)31-21-28(10-13-33(31)38(22)24(3)40)27-6-5-7-30(20-27)35-23(2)39/h5-13,20-22,26,32,36H,14-19H2,1-4H3,(H,35,39)/t22-,32+/m0/s1. The van der Waals surface area contributed by atoms with Gasteiger partial charge in [-0.3, -0.25) is 14.4 Å². The Balaban J connectivity index is 1.37. The van der Waals surface area contributed by atoms with E-state index in [2.05, 4.69) is 47.7 Å². The van der Waals surface area contributed by atoms with E-state index in [1.165, 1.54) is 6.92 Å². The summed E-state index contributed by atoms with van der Waals surface area (Å²) in [5.41, 5.74) is 6.75. The molecule has 3 aromatic carbocycles. The van der Waals surface area contributed by atoms with Crippen molar-refractivity contribution in [2.24, 2.45) is 5.92 Å². The maximum Gasteiger partial charge on any atom is 0.224 e. The minimum Gasteiger partial charge on any atom is -0.378 e. The third-order valence-corrected chi connectivity index (χ3v) is 8.38. The lowest BCUT2D eigenvalue weighted by Crippen LogP contribution is -2.43. The van der Waals surface area contributed by atoms with Crippen LogP contribution in [0.4, 0.5) is 17.1 Å². The first-order valence-electron chi connectivity index (χ1n) is 14.6. The number of rotatable bonds is 7. The average molecular weight is 553 g/mol. The number of likely N-dealkylation sites (tertiary alicyclic amines) is 1. The monoisotopic (exact) mass is 552 g/mol. The summed E-state index contributed by atoms with van der Waals surface area (Å²) in [6.45, 7) is 7.18. The van der Waals surface area contributed by atoms with Crippen molar-refractivity contribution in [3.05, 3.63) is 77.9 Å². The normalized spacial score (nSPS) is 19.4. The number of carbonyl (C=O) groups is 3. The molecule has 0 aliphatic carbocycles. The van der Waals surface area contributed by atoms with E-state index in [1.807, 2.05) is 53.4 Å². The topological polar surface area (TPSA) is 81.8 Å². The van der Waals surface area contributed by atoms with Crippen LogP contribution in [0.1, 0.15) is 57.2 Å². The lowest BCUT2D eigenvalue weighted by atomic mass is 9.88. The maximum atomic E-state index is 12.9. The van der Waals surface area contributed by atoms with E-state index in [-0.39, 0.29) is 29.8 Å². The third kappa shape index (κ3) is 6.68. The van der Waals surface area contributed by atoms with Crippen molar-refractivity contribution in [3.8, 4) is 11.1 Å². The number of fused-ring (bicyclic) bond motifs is 1. The van der Waals surface area contributed by atoms with Gasteiger partial charge >= 0.3 is 0 Å². The molecule has 7 heteroatoms. The highest BCUT2D eigenvalue weighted by atomic mass is 16.2. The predicted molar refractivity (Wildman–Crippen MR) is 165 cm³/mol. The van der Waals surface area contributed by atoms with E-state index in [0.29, 0.717) is 12.2 Å². The molecule has 2 N–H and O–H groups in total. The predicted octanol–water partition coefficient (Wildman–Crippen LogP) is 6.06. The first kappa shape index (κ1) is 28.6. The third-order valence-electron chi connectivity index (χ3n) is 8.38. The SMILES string of the molecule is CC(=O)Nc1cccc(-c2ccc3c(c2)[C@H](Nc2ccc(CC(=O)C4CCN(C)CC4)cc2)C[C@H](C)N3C(C)=O)c1. The van der Waals surface area contributed by atoms with Gasteiger partial charge in [0.25, 0.3) is 0 Å². The number of Topliss-reactive ketones (excluding diaryl/α,β-unsaturated/α-hetero) is 1. The number of carbonyl (C=O) groups excluding carboxylic acids is 3. The second-order valence-electron chi connectivity index (χ2n) is 11.6. The van der Waals surface area contributed by atoms with Crippen LogP contribution in [0.15, 0.2) is 66.7 Å². The number of nitrogens with one attached hydrogen (secondary N) is 2. The summed E-state index contributed by atoms with van der Waals surface area (Å²) in [6.07, 6.45) is 3.14. The van der Waals surface area contributed by atoms with Crippen LogP contribution in [0.5, 0.6) is 0 Å². The fourth-order valence-corrected chi connectivity index (χ4v) is 6.24. The van der Waals surface area contributed by atoms with Crippen molar-refractivity contribution in [1.29, 1.82) is 0 Å². The molecule has 2 amide bonds. The van der Waals surface area contributed by atoms with Gasteiger partial charge in [0.05, 0.1) is 6.04 Å². The van der Waals surface area contributed by atoms with E-state index in [1.54, 1.807) is 6.92 Å². The van der Waals surface area contributed by atoms with E-state index >= 15 is 0 Å². The molecule has 41 heavy (non-hydrogen) atoms. The number of nitrogens with zero attached hydrogens (tertiary/aromatic N) is 2. The van der Waals surface area contributed by atoms with Gasteiger partial charge < -0.3 is 20.4 Å². The molecule has 0 radical (unpaired) electrons. The molecular weight excluding hydrogens is 512 g/mol. The van der Waals surface area contributed by atoms with Crippen LogP contribution >= 0.6 is 0 Å². The van der Waals surface area contributed by atoms with Gasteiger partial charge in [0.15, 0.2) is 0 Å². The number of piperidine rings is 1. The zero-order chi connectivity index (χ0) is 29.1. The Kier molecular flexibility index (Phi) is 8.54. The summed E-state index contributed by atoms with van der Waals surface area (Å²) < 4.78 is 0. The molecule has 1 fully saturated rings. The molecule has 0 bridgehead atoms. The molecule has 1 saturated heterocycles. The zero-order valence-electron chi connectivity index (χ0n) is 24.4. The largest absolute Gasteiger partial charge is 0.378 e. The lowest BCUT2D eigenvalue weighted by Gasteiger charge is -2.39. The van der Waals surface area contributed by atoms with E-state index in [4.69, 9.17) is 0 Å². The summed E-state index contributed by atoms with van der Waals surface area (Å²) in [4.78, 5) is 41.2. The van der Waals surface area contributed by atoms with Crippen LogP contribution in [0.3, 0.4) is 0 Å². The molecule has 3 aromatic rings. The second-order valence-corrected chi connectivity index (χ2v) is 11.6. The van der Waals surface area contributed by atoms with Crippen LogP contribution in [0, 0.1) is 5.92 Å². The molecule has 2 atom stereocenters. The molecule has 0 saturated carbocycles. The van der Waals surface area contributed by atoms with Crippen LogP contribution < -0.4 is 15.5 Å². The summed E-state index contributed by atoms with van der Waals surface area (Å²) >= 11 is 0. The Morgan fingerprint density at radius 2 is 1.59 bits per heavy atom. The fraction of sp³-hybridized carbons (Fsp3) is 0.382. The van der Waals surface area contributed by atoms with Gasteiger partial charge in [-0.1, -0.05) is 30.3 Å². The molecule has 2 heterocycles. The Morgan fingerprint density at radius 3 is 2.27 bits per heavy atom. The first-order valence-corrected chi connectivity index (χ1v) is 14.6. The van der Waals surface area contributed by atoms with Crippen LogP contribution in [-0.2, 0) is 20.8 Å². The van der Waals surface area contributed by atoms with Crippen LogP contribution in [-0.4, -0.2) is 48.7 Å². The molecule has 7 nitrogen and oxygen atoms in total. The highest BCUT2D eigenvalue weighted by Gasteiger charge is 2.33. The summed E-state index contributed by atoms with van der Waals surface area (Å²) in [5.74, 6) is 0.422. The molecule has 2 aliphatic heterocycles. The minimum absolute atomic E-state index is 0.000729. The number of ketones is 1. The quantitative estimate of drug-likeness (QED) is 0.372. The smallest absolute Gasteiger partial charge is 0.224 e. The van der Waals surface area contributed by atoms with Crippen molar-refractivity contribution < 1.29 is 14.4 Å². The van der Waals surface area contributed by atoms with Crippen LogP contribution in [0.2, 0.25) is 0 Å². The maximum absolute atomic E-state index is 12.9. The highest BCUT2D eigenvalue weighted by molar-refractivity contribution is 5.94. The lowest BCUT2D eigenvalue weighted by molar-refractivity contribution is -0.123.